The molecule has 25 heavy (non-hydrogen) atoms. The molecule has 0 fully saturated rings. The summed E-state index contributed by atoms with van der Waals surface area (Å²) < 4.78 is 5.55. The van der Waals surface area contributed by atoms with Crippen molar-refractivity contribution in [3.05, 3.63) is 23.8 Å². The van der Waals surface area contributed by atoms with Gasteiger partial charge in [-0.1, -0.05) is 13.3 Å². The van der Waals surface area contributed by atoms with Crippen LogP contribution in [0.5, 0.6) is 5.75 Å². The molecule has 6 nitrogen and oxygen atoms in total. The SMILES string of the molecule is CCCCN(C)C(=O)CCC(=O)c1ccc2c(c1)N(C)C(=O)C(C)O2. The van der Waals surface area contributed by atoms with Crippen molar-refractivity contribution in [1.29, 1.82) is 0 Å². The van der Waals surface area contributed by atoms with Crippen molar-refractivity contribution in [2.75, 3.05) is 25.5 Å². The van der Waals surface area contributed by atoms with Gasteiger partial charge in [0.05, 0.1) is 5.69 Å². The summed E-state index contributed by atoms with van der Waals surface area (Å²) in [6, 6.07) is 5.05. The Morgan fingerprint density at radius 1 is 1.28 bits per heavy atom. The first-order valence-electron chi connectivity index (χ1n) is 8.70. The van der Waals surface area contributed by atoms with Crippen LogP contribution in [0.3, 0.4) is 0 Å². The van der Waals surface area contributed by atoms with E-state index >= 15 is 0 Å². The van der Waals surface area contributed by atoms with Gasteiger partial charge in [-0.05, 0) is 31.5 Å². The number of carbonyl (C=O) groups excluding carboxylic acids is 3. The lowest BCUT2D eigenvalue weighted by Gasteiger charge is -2.30. The van der Waals surface area contributed by atoms with E-state index in [-0.39, 0.29) is 30.4 Å². The summed E-state index contributed by atoms with van der Waals surface area (Å²) in [4.78, 5) is 39.6. The monoisotopic (exact) mass is 346 g/mol. The summed E-state index contributed by atoms with van der Waals surface area (Å²) in [6.45, 7) is 4.48. The van der Waals surface area contributed by atoms with Crippen molar-refractivity contribution in [2.24, 2.45) is 0 Å². The van der Waals surface area contributed by atoms with Crippen LogP contribution in [-0.4, -0.2) is 49.2 Å². The Kier molecular flexibility index (Phi) is 6.17. The van der Waals surface area contributed by atoms with Crippen molar-refractivity contribution in [3.8, 4) is 5.75 Å². The van der Waals surface area contributed by atoms with Crippen molar-refractivity contribution >= 4 is 23.3 Å². The van der Waals surface area contributed by atoms with Crippen LogP contribution in [0.15, 0.2) is 18.2 Å². The molecular weight excluding hydrogens is 320 g/mol. The highest BCUT2D eigenvalue weighted by Gasteiger charge is 2.29. The highest BCUT2D eigenvalue weighted by molar-refractivity contribution is 6.03. The third kappa shape index (κ3) is 4.38. The number of unbranched alkanes of at least 4 members (excludes halogenated alkanes) is 1. The Bertz CT molecular complexity index is 671. The molecule has 2 amide bonds. The number of likely N-dealkylation sites (N-methyl/N-ethyl adjacent to an activating group) is 1. The summed E-state index contributed by atoms with van der Waals surface area (Å²) >= 11 is 0. The molecule has 0 aliphatic carbocycles. The highest BCUT2D eigenvalue weighted by Crippen LogP contribution is 2.34. The van der Waals surface area contributed by atoms with Crippen molar-refractivity contribution in [3.63, 3.8) is 0 Å². The van der Waals surface area contributed by atoms with Gasteiger partial charge in [0.1, 0.15) is 5.75 Å². The minimum atomic E-state index is -0.532. The van der Waals surface area contributed by atoms with Crippen LogP contribution >= 0.6 is 0 Å². The number of ketones is 1. The standard InChI is InChI=1S/C19H26N2O4/c1-5-6-11-20(3)18(23)10-8-16(22)14-7-9-17-15(12-14)21(4)19(24)13(2)25-17/h7,9,12-13H,5-6,8,10-11H2,1-4H3. The Hall–Kier alpha value is -2.37. The fraction of sp³-hybridized carbons (Fsp3) is 0.526. The van der Waals surface area contributed by atoms with Gasteiger partial charge in [0.25, 0.3) is 5.91 Å². The Labute approximate surface area is 148 Å². The van der Waals surface area contributed by atoms with E-state index in [0.717, 1.165) is 12.8 Å². The van der Waals surface area contributed by atoms with Crippen LogP contribution in [0.1, 0.15) is 49.9 Å². The van der Waals surface area contributed by atoms with E-state index in [4.69, 9.17) is 4.74 Å². The number of anilines is 1. The van der Waals surface area contributed by atoms with E-state index < -0.39 is 6.10 Å². The summed E-state index contributed by atoms with van der Waals surface area (Å²) in [5.74, 6) is 0.301. The van der Waals surface area contributed by atoms with E-state index in [1.807, 2.05) is 0 Å². The molecule has 0 saturated heterocycles. The molecule has 1 aliphatic heterocycles. The Morgan fingerprint density at radius 3 is 2.68 bits per heavy atom. The predicted octanol–water partition coefficient (Wildman–Crippen LogP) is 2.65. The molecule has 0 bridgehead atoms. The van der Waals surface area contributed by atoms with Crippen molar-refractivity contribution in [1.82, 2.24) is 4.90 Å². The fourth-order valence-corrected chi connectivity index (χ4v) is 2.76. The van der Waals surface area contributed by atoms with Crippen LogP contribution in [0.2, 0.25) is 0 Å². The van der Waals surface area contributed by atoms with Crippen LogP contribution in [-0.2, 0) is 9.59 Å². The fourth-order valence-electron chi connectivity index (χ4n) is 2.76. The molecule has 1 aliphatic rings. The quantitative estimate of drug-likeness (QED) is 0.712. The van der Waals surface area contributed by atoms with Crippen LogP contribution in [0.4, 0.5) is 5.69 Å². The maximum Gasteiger partial charge on any atom is 0.267 e. The summed E-state index contributed by atoms with van der Waals surface area (Å²) in [6.07, 6.45) is 1.80. The molecule has 1 aromatic rings. The second kappa shape index (κ2) is 8.14. The second-order valence-electron chi connectivity index (χ2n) is 6.43. The third-order valence-electron chi connectivity index (χ3n) is 4.46. The second-order valence-corrected chi connectivity index (χ2v) is 6.43. The minimum absolute atomic E-state index is 0.0239. The summed E-state index contributed by atoms with van der Waals surface area (Å²) in [5, 5.41) is 0. The van der Waals surface area contributed by atoms with Gasteiger partial charge in [0.2, 0.25) is 5.91 Å². The van der Waals surface area contributed by atoms with Crippen molar-refractivity contribution in [2.45, 2.75) is 45.6 Å². The molecule has 136 valence electrons. The third-order valence-corrected chi connectivity index (χ3v) is 4.46. The molecule has 0 radical (unpaired) electrons. The molecule has 1 heterocycles. The van der Waals surface area contributed by atoms with Gasteiger partial charge in [-0.15, -0.1) is 0 Å². The van der Waals surface area contributed by atoms with Crippen LogP contribution in [0, 0.1) is 0 Å². The summed E-state index contributed by atoms with van der Waals surface area (Å²) in [5.41, 5.74) is 1.07. The number of nitrogens with zero attached hydrogens (tertiary/aromatic N) is 2. The maximum atomic E-state index is 12.4. The molecule has 6 heteroatoms. The van der Waals surface area contributed by atoms with E-state index in [0.29, 0.717) is 23.5 Å². The number of hydrogen-bond acceptors (Lipinski definition) is 4. The van der Waals surface area contributed by atoms with E-state index in [1.54, 1.807) is 44.1 Å². The number of Topliss-reactive ketones (excluding diaryl/α,β-unsaturated/α-hetero) is 1. The van der Waals surface area contributed by atoms with Crippen LogP contribution in [0.25, 0.3) is 0 Å². The van der Waals surface area contributed by atoms with E-state index in [9.17, 15) is 14.4 Å². The molecule has 2 rings (SSSR count). The lowest BCUT2D eigenvalue weighted by atomic mass is 10.0. The first kappa shape index (κ1) is 19.0. The molecular formula is C19H26N2O4. The van der Waals surface area contributed by atoms with Gasteiger partial charge in [-0.25, -0.2) is 0 Å². The predicted molar refractivity (Wildman–Crippen MR) is 96.1 cm³/mol. The van der Waals surface area contributed by atoms with E-state index in [1.165, 1.54) is 4.90 Å². The largest absolute Gasteiger partial charge is 0.479 e. The minimum Gasteiger partial charge on any atom is -0.479 e. The highest BCUT2D eigenvalue weighted by atomic mass is 16.5. The summed E-state index contributed by atoms with van der Waals surface area (Å²) in [7, 11) is 3.43. The lowest BCUT2D eigenvalue weighted by molar-refractivity contribution is -0.130. The molecule has 0 saturated carbocycles. The smallest absolute Gasteiger partial charge is 0.267 e. The van der Waals surface area contributed by atoms with Gasteiger partial charge >= 0.3 is 0 Å². The number of rotatable bonds is 7. The zero-order valence-electron chi connectivity index (χ0n) is 15.4. The zero-order valence-corrected chi connectivity index (χ0v) is 15.4. The Balaban J connectivity index is 2.01. The number of amides is 2. The number of hydrogen-bond donors (Lipinski definition) is 0. The zero-order chi connectivity index (χ0) is 18.6. The van der Waals surface area contributed by atoms with Crippen molar-refractivity contribution < 1.29 is 19.1 Å². The van der Waals surface area contributed by atoms with Gasteiger partial charge in [0.15, 0.2) is 11.9 Å². The molecule has 0 spiro atoms. The lowest BCUT2D eigenvalue weighted by Crippen LogP contribution is -2.42. The number of benzene rings is 1. The number of ether oxygens (including phenoxy) is 1. The van der Waals surface area contributed by atoms with Gasteiger partial charge < -0.3 is 14.5 Å². The van der Waals surface area contributed by atoms with Gasteiger partial charge in [-0.2, -0.15) is 0 Å². The molecule has 1 aromatic carbocycles. The van der Waals surface area contributed by atoms with Gasteiger partial charge in [0, 0.05) is 39.0 Å². The average molecular weight is 346 g/mol. The first-order chi connectivity index (χ1) is 11.8. The number of carbonyl (C=O) groups is 3. The molecule has 1 atom stereocenters. The maximum absolute atomic E-state index is 12.4. The average Bonchev–Trinajstić information content (AvgIpc) is 2.61. The van der Waals surface area contributed by atoms with E-state index in [2.05, 4.69) is 6.92 Å². The molecule has 1 unspecified atom stereocenters. The first-order valence-corrected chi connectivity index (χ1v) is 8.70. The van der Waals surface area contributed by atoms with Crippen LogP contribution < -0.4 is 9.64 Å². The normalized spacial score (nSPS) is 16.2. The topological polar surface area (TPSA) is 66.9 Å². The number of fused-ring (bicyclic) bond motifs is 1. The molecule has 0 N–H and O–H groups in total. The Morgan fingerprint density at radius 2 is 2.00 bits per heavy atom. The van der Waals surface area contributed by atoms with Gasteiger partial charge in [-0.3, -0.25) is 14.4 Å². The molecule has 0 aromatic heterocycles.